The van der Waals surface area contributed by atoms with Gasteiger partial charge < -0.3 is 10.2 Å². The molecule has 2 aromatic carbocycles. The summed E-state index contributed by atoms with van der Waals surface area (Å²) in [6.07, 6.45) is 2.15. The van der Waals surface area contributed by atoms with Crippen LogP contribution in [0.1, 0.15) is 35.0 Å². The fourth-order valence-electron chi connectivity index (χ4n) is 3.13. The van der Waals surface area contributed by atoms with Gasteiger partial charge in [0.15, 0.2) is 0 Å². The third kappa shape index (κ3) is 4.86. The van der Waals surface area contributed by atoms with E-state index in [2.05, 4.69) is 10.3 Å². The summed E-state index contributed by atoms with van der Waals surface area (Å²) in [5.74, 6) is -0.139. The van der Waals surface area contributed by atoms with Gasteiger partial charge in [-0.05, 0) is 53.9 Å². The lowest BCUT2D eigenvalue weighted by molar-refractivity contribution is -0.118. The highest BCUT2D eigenvalue weighted by Crippen LogP contribution is 2.31. The van der Waals surface area contributed by atoms with Gasteiger partial charge in [0, 0.05) is 37.5 Å². The van der Waals surface area contributed by atoms with Crippen LogP contribution < -0.4 is 10.2 Å². The van der Waals surface area contributed by atoms with E-state index in [0.717, 1.165) is 22.4 Å². The first kappa shape index (κ1) is 21.5. The molecule has 0 fully saturated rings. The fourth-order valence-corrected chi connectivity index (χ4v) is 3.43. The van der Waals surface area contributed by atoms with Crippen LogP contribution in [0.2, 0.25) is 5.02 Å². The molecule has 2 amide bonds. The summed E-state index contributed by atoms with van der Waals surface area (Å²) in [5.41, 5.74) is 5.00. The summed E-state index contributed by atoms with van der Waals surface area (Å²) in [7, 11) is 1.72. The maximum absolute atomic E-state index is 12.5. The molecule has 1 N–H and O–H groups in total. The van der Waals surface area contributed by atoms with Gasteiger partial charge in [-0.25, -0.2) is 0 Å². The standard InChI is InChI=1S/C24H24ClN3O2/c1-4-23(29)28(3)22-12-11-19(14-21(22)25)17-7-9-18(10-8-17)24(30)27-15-20-6-5-13-26-16(20)2/h5-14H,4,15H2,1-3H3,(H,27,30). The number of benzene rings is 2. The number of aromatic nitrogens is 1. The Kier molecular flexibility index (Phi) is 6.85. The topological polar surface area (TPSA) is 62.3 Å². The number of pyridine rings is 1. The maximum Gasteiger partial charge on any atom is 0.251 e. The highest BCUT2D eigenvalue weighted by Gasteiger charge is 2.13. The smallest absolute Gasteiger partial charge is 0.251 e. The molecule has 1 aromatic heterocycles. The Bertz CT molecular complexity index is 1060. The number of nitrogens with zero attached hydrogens (tertiary/aromatic N) is 2. The van der Waals surface area contributed by atoms with E-state index < -0.39 is 0 Å². The van der Waals surface area contributed by atoms with Gasteiger partial charge >= 0.3 is 0 Å². The molecule has 5 nitrogen and oxygen atoms in total. The molecule has 0 aliphatic heterocycles. The zero-order chi connectivity index (χ0) is 21.7. The van der Waals surface area contributed by atoms with Crippen molar-refractivity contribution in [1.29, 1.82) is 0 Å². The van der Waals surface area contributed by atoms with Crippen LogP contribution in [0.5, 0.6) is 0 Å². The molecule has 30 heavy (non-hydrogen) atoms. The molecule has 0 radical (unpaired) electrons. The van der Waals surface area contributed by atoms with E-state index in [-0.39, 0.29) is 11.8 Å². The number of hydrogen-bond acceptors (Lipinski definition) is 3. The molecular weight excluding hydrogens is 398 g/mol. The molecule has 0 atom stereocenters. The molecule has 154 valence electrons. The molecule has 0 aliphatic rings. The second-order valence-corrected chi connectivity index (χ2v) is 7.39. The minimum absolute atomic E-state index is 0.00138. The van der Waals surface area contributed by atoms with Crippen LogP contribution in [-0.2, 0) is 11.3 Å². The van der Waals surface area contributed by atoms with Gasteiger partial charge in [-0.1, -0.05) is 42.8 Å². The highest BCUT2D eigenvalue weighted by molar-refractivity contribution is 6.34. The van der Waals surface area contributed by atoms with Crippen LogP contribution in [0.25, 0.3) is 11.1 Å². The lowest BCUT2D eigenvalue weighted by Crippen LogP contribution is -2.25. The Hall–Kier alpha value is -3.18. The number of halogens is 1. The zero-order valence-corrected chi connectivity index (χ0v) is 18.0. The predicted octanol–water partition coefficient (Wildman–Crippen LogP) is 5.01. The summed E-state index contributed by atoms with van der Waals surface area (Å²) >= 11 is 6.41. The lowest BCUT2D eigenvalue weighted by Gasteiger charge is -2.18. The average Bonchev–Trinajstić information content (AvgIpc) is 2.77. The second kappa shape index (κ2) is 9.55. The van der Waals surface area contributed by atoms with E-state index >= 15 is 0 Å². The van der Waals surface area contributed by atoms with Gasteiger partial charge in [-0.3, -0.25) is 14.6 Å². The largest absolute Gasteiger partial charge is 0.348 e. The van der Waals surface area contributed by atoms with E-state index in [1.54, 1.807) is 30.3 Å². The third-order valence-corrected chi connectivity index (χ3v) is 5.32. The van der Waals surface area contributed by atoms with Crippen molar-refractivity contribution in [3.63, 3.8) is 0 Å². The van der Waals surface area contributed by atoms with Gasteiger partial charge in [-0.15, -0.1) is 0 Å². The molecule has 1 heterocycles. The zero-order valence-electron chi connectivity index (χ0n) is 17.3. The Morgan fingerprint density at radius 2 is 1.77 bits per heavy atom. The van der Waals surface area contributed by atoms with Crippen molar-refractivity contribution in [3.05, 3.63) is 82.6 Å². The van der Waals surface area contributed by atoms with E-state index in [1.807, 2.05) is 56.3 Å². The van der Waals surface area contributed by atoms with Crippen LogP contribution in [-0.4, -0.2) is 23.8 Å². The fraction of sp³-hybridized carbons (Fsp3) is 0.208. The van der Waals surface area contributed by atoms with Gasteiger partial charge in [0.1, 0.15) is 0 Å². The molecule has 3 aromatic rings. The number of amides is 2. The second-order valence-electron chi connectivity index (χ2n) is 6.98. The maximum atomic E-state index is 12.5. The van der Waals surface area contributed by atoms with E-state index in [4.69, 9.17) is 11.6 Å². The van der Waals surface area contributed by atoms with Crippen LogP contribution >= 0.6 is 11.6 Å². The number of anilines is 1. The monoisotopic (exact) mass is 421 g/mol. The molecule has 0 aliphatic carbocycles. The van der Waals surface area contributed by atoms with Crippen molar-refractivity contribution in [2.45, 2.75) is 26.8 Å². The summed E-state index contributed by atoms with van der Waals surface area (Å²) in [6, 6.07) is 16.7. The van der Waals surface area contributed by atoms with Crippen molar-refractivity contribution in [3.8, 4) is 11.1 Å². The van der Waals surface area contributed by atoms with Gasteiger partial charge in [0.25, 0.3) is 5.91 Å². The SMILES string of the molecule is CCC(=O)N(C)c1ccc(-c2ccc(C(=O)NCc3cccnc3C)cc2)cc1Cl. The number of nitrogens with one attached hydrogen (secondary N) is 1. The third-order valence-electron chi connectivity index (χ3n) is 5.02. The molecule has 3 rings (SSSR count). The summed E-state index contributed by atoms with van der Waals surface area (Å²) in [4.78, 5) is 30.2. The van der Waals surface area contributed by atoms with Crippen LogP contribution in [0, 0.1) is 6.92 Å². The van der Waals surface area contributed by atoms with E-state index in [1.165, 1.54) is 0 Å². The number of rotatable bonds is 6. The van der Waals surface area contributed by atoms with E-state index in [9.17, 15) is 9.59 Å². The lowest BCUT2D eigenvalue weighted by atomic mass is 10.0. The Morgan fingerprint density at radius 3 is 2.40 bits per heavy atom. The minimum Gasteiger partial charge on any atom is -0.348 e. The Labute approximate surface area is 181 Å². The van der Waals surface area contributed by atoms with Crippen LogP contribution in [0.4, 0.5) is 5.69 Å². The first-order valence-electron chi connectivity index (χ1n) is 9.76. The molecule has 0 unspecified atom stereocenters. The molecule has 0 saturated heterocycles. The number of aryl methyl sites for hydroxylation is 1. The van der Waals surface area contributed by atoms with Gasteiger partial charge in [-0.2, -0.15) is 0 Å². The summed E-state index contributed by atoms with van der Waals surface area (Å²) < 4.78 is 0. The highest BCUT2D eigenvalue weighted by atomic mass is 35.5. The number of carbonyl (C=O) groups is 2. The Balaban J connectivity index is 1.71. The molecule has 6 heteroatoms. The van der Waals surface area contributed by atoms with E-state index in [0.29, 0.717) is 29.2 Å². The van der Waals surface area contributed by atoms with Crippen molar-refractivity contribution >= 4 is 29.1 Å². The van der Waals surface area contributed by atoms with Crippen molar-refractivity contribution in [2.24, 2.45) is 0 Å². The van der Waals surface area contributed by atoms with Crippen molar-refractivity contribution in [2.75, 3.05) is 11.9 Å². The summed E-state index contributed by atoms with van der Waals surface area (Å²) in [6.45, 7) is 4.17. The quantitative estimate of drug-likeness (QED) is 0.608. The predicted molar refractivity (Wildman–Crippen MR) is 121 cm³/mol. The number of carbonyl (C=O) groups excluding carboxylic acids is 2. The molecule has 0 saturated carbocycles. The molecule has 0 spiro atoms. The van der Waals surface area contributed by atoms with Gasteiger partial charge in [0.2, 0.25) is 5.91 Å². The van der Waals surface area contributed by atoms with Crippen molar-refractivity contribution in [1.82, 2.24) is 10.3 Å². The normalized spacial score (nSPS) is 10.5. The average molecular weight is 422 g/mol. The van der Waals surface area contributed by atoms with Crippen LogP contribution in [0.15, 0.2) is 60.8 Å². The molecular formula is C24H24ClN3O2. The van der Waals surface area contributed by atoms with Crippen molar-refractivity contribution < 1.29 is 9.59 Å². The first-order chi connectivity index (χ1) is 14.4. The molecule has 0 bridgehead atoms. The number of hydrogen-bond donors (Lipinski definition) is 1. The Morgan fingerprint density at radius 1 is 1.07 bits per heavy atom. The minimum atomic E-state index is -0.141. The summed E-state index contributed by atoms with van der Waals surface area (Å²) in [5, 5.41) is 3.43. The van der Waals surface area contributed by atoms with Crippen LogP contribution in [0.3, 0.4) is 0 Å². The first-order valence-corrected chi connectivity index (χ1v) is 10.1. The van der Waals surface area contributed by atoms with Gasteiger partial charge in [0.05, 0.1) is 10.7 Å².